The van der Waals surface area contributed by atoms with Gasteiger partial charge < -0.3 is 5.32 Å². The van der Waals surface area contributed by atoms with Crippen molar-refractivity contribution in [1.29, 1.82) is 0 Å². The first kappa shape index (κ1) is 11.2. The molecule has 2 rings (SSSR count). The molecule has 0 amide bonds. The summed E-state index contributed by atoms with van der Waals surface area (Å²) < 4.78 is 0. The number of hydrogen-bond donors (Lipinski definition) is 1. The zero-order valence-electron chi connectivity index (χ0n) is 9.31. The van der Waals surface area contributed by atoms with Crippen LogP contribution in [0.2, 0.25) is 0 Å². The van der Waals surface area contributed by atoms with Crippen LogP contribution in [0.5, 0.6) is 0 Å². The predicted octanol–water partition coefficient (Wildman–Crippen LogP) is 2.39. The van der Waals surface area contributed by atoms with E-state index in [1.54, 1.807) is 12.5 Å². The zero-order valence-corrected chi connectivity index (χ0v) is 10.1. The minimum absolute atomic E-state index is 0.794. The van der Waals surface area contributed by atoms with Gasteiger partial charge in [0, 0.05) is 29.0 Å². The second-order valence-electron chi connectivity index (χ2n) is 3.53. The Morgan fingerprint density at radius 2 is 2.06 bits per heavy atom. The van der Waals surface area contributed by atoms with Crippen LogP contribution in [0, 0.1) is 0 Å². The molecular formula is C12H15N3S. The first-order chi connectivity index (χ1) is 7.88. The lowest BCUT2D eigenvalue weighted by Gasteiger charge is -2.01. The maximum Gasteiger partial charge on any atom is 0.115 e. The van der Waals surface area contributed by atoms with Crippen LogP contribution < -0.4 is 5.32 Å². The van der Waals surface area contributed by atoms with Crippen molar-refractivity contribution in [1.82, 2.24) is 15.3 Å². The molecule has 0 bridgehead atoms. The third-order valence-electron chi connectivity index (χ3n) is 2.31. The fraction of sp³-hybridized carbons (Fsp3) is 0.333. The third-order valence-corrected chi connectivity index (χ3v) is 3.54. The van der Waals surface area contributed by atoms with Gasteiger partial charge in [-0.2, -0.15) is 0 Å². The number of nitrogens with zero attached hydrogens (tertiary/aromatic N) is 2. The smallest absolute Gasteiger partial charge is 0.115 e. The first-order valence-electron chi connectivity index (χ1n) is 5.41. The molecule has 0 saturated carbocycles. The van der Waals surface area contributed by atoms with E-state index in [1.165, 1.54) is 9.75 Å². The molecule has 0 fully saturated rings. The van der Waals surface area contributed by atoms with Crippen molar-refractivity contribution in [2.24, 2.45) is 0 Å². The normalized spacial score (nSPS) is 10.6. The van der Waals surface area contributed by atoms with Crippen molar-refractivity contribution in [3.63, 3.8) is 0 Å². The molecule has 16 heavy (non-hydrogen) atoms. The number of rotatable bonds is 5. The molecule has 0 unspecified atom stereocenters. The average molecular weight is 233 g/mol. The molecule has 2 aromatic rings. The molecule has 0 aromatic carbocycles. The number of hydrogen-bond acceptors (Lipinski definition) is 4. The summed E-state index contributed by atoms with van der Waals surface area (Å²) in [5.74, 6) is 0. The number of aryl methyl sites for hydroxylation is 1. The summed E-state index contributed by atoms with van der Waals surface area (Å²) in [6.07, 6.45) is 4.47. The average Bonchev–Trinajstić information content (AvgIpc) is 2.78. The third kappa shape index (κ3) is 3.12. The molecule has 0 aliphatic rings. The number of nitrogens with one attached hydrogen (secondary N) is 1. The minimum Gasteiger partial charge on any atom is -0.306 e. The quantitative estimate of drug-likeness (QED) is 0.861. The van der Waals surface area contributed by atoms with E-state index >= 15 is 0 Å². The molecule has 2 aromatic heterocycles. The van der Waals surface area contributed by atoms with Gasteiger partial charge in [0.15, 0.2) is 0 Å². The maximum absolute atomic E-state index is 4.16. The van der Waals surface area contributed by atoms with Crippen molar-refractivity contribution in [3.8, 4) is 0 Å². The summed E-state index contributed by atoms with van der Waals surface area (Å²) in [4.78, 5) is 10.9. The standard InChI is InChI=1S/C12H15N3S/c1-2-11-3-4-12(16-11)8-14-7-10-5-6-13-9-15-10/h3-6,9,14H,2,7-8H2,1H3. The second-order valence-corrected chi connectivity index (χ2v) is 4.78. The van der Waals surface area contributed by atoms with Crippen LogP contribution in [0.15, 0.2) is 30.7 Å². The Balaban J connectivity index is 1.80. The van der Waals surface area contributed by atoms with Gasteiger partial charge in [-0.25, -0.2) is 9.97 Å². The van der Waals surface area contributed by atoms with Crippen LogP contribution in [-0.4, -0.2) is 9.97 Å². The summed E-state index contributed by atoms with van der Waals surface area (Å²) in [5.41, 5.74) is 1.03. The molecule has 4 heteroatoms. The van der Waals surface area contributed by atoms with Gasteiger partial charge in [0.25, 0.3) is 0 Å². The van der Waals surface area contributed by atoms with Gasteiger partial charge >= 0.3 is 0 Å². The summed E-state index contributed by atoms with van der Waals surface area (Å²) in [6, 6.07) is 6.32. The fourth-order valence-corrected chi connectivity index (χ4v) is 2.37. The van der Waals surface area contributed by atoms with Crippen LogP contribution in [0.25, 0.3) is 0 Å². The Morgan fingerprint density at radius 3 is 2.75 bits per heavy atom. The SMILES string of the molecule is CCc1ccc(CNCc2ccncn2)s1. The van der Waals surface area contributed by atoms with Crippen molar-refractivity contribution in [2.75, 3.05) is 0 Å². The van der Waals surface area contributed by atoms with Gasteiger partial charge in [0.2, 0.25) is 0 Å². The van der Waals surface area contributed by atoms with E-state index in [0.717, 1.165) is 25.2 Å². The Kier molecular flexibility index (Phi) is 4.02. The van der Waals surface area contributed by atoms with E-state index < -0.39 is 0 Å². The van der Waals surface area contributed by atoms with E-state index in [4.69, 9.17) is 0 Å². The molecule has 1 N–H and O–H groups in total. The Labute approximate surface area is 99.6 Å². The van der Waals surface area contributed by atoms with Crippen LogP contribution in [0.4, 0.5) is 0 Å². The van der Waals surface area contributed by atoms with Crippen LogP contribution >= 0.6 is 11.3 Å². The molecular weight excluding hydrogens is 218 g/mol. The molecule has 2 heterocycles. The van der Waals surface area contributed by atoms with Crippen molar-refractivity contribution in [2.45, 2.75) is 26.4 Å². The Bertz CT molecular complexity index is 425. The molecule has 0 radical (unpaired) electrons. The first-order valence-corrected chi connectivity index (χ1v) is 6.23. The topological polar surface area (TPSA) is 37.8 Å². The second kappa shape index (κ2) is 5.72. The monoisotopic (exact) mass is 233 g/mol. The molecule has 0 aliphatic heterocycles. The van der Waals surface area contributed by atoms with E-state index in [1.807, 2.05) is 17.4 Å². The molecule has 0 aliphatic carbocycles. The van der Waals surface area contributed by atoms with Crippen molar-refractivity contribution >= 4 is 11.3 Å². The molecule has 84 valence electrons. The lowest BCUT2D eigenvalue weighted by Crippen LogP contribution is -2.12. The van der Waals surface area contributed by atoms with Gasteiger partial charge in [-0.15, -0.1) is 11.3 Å². The fourth-order valence-electron chi connectivity index (χ4n) is 1.44. The van der Waals surface area contributed by atoms with Crippen LogP contribution in [0.3, 0.4) is 0 Å². The lowest BCUT2D eigenvalue weighted by atomic mass is 10.3. The van der Waals surface area contributed by atoms with Crippen LogP contribution in [0.1, 0.15) is 22.4 Å². The van der Waals surface area contributed by atoms with Gasteiger partial charge in [-0.1, -0.05) is 6.92 Å². The highest BCUT2D eigenvalue weighted by molar-refractivity contribution is 7.11. The molecule has 0 spiro atoms. The molecule has 3 nitrogen and oxygen atoms in total. The van der Waals surface area contributed by atoms with E-state index in [0.29, 0.717) is 0 Å². The van der Waals surface area contributed by atoms with E-state index in [9.17, 15) is 0 Å². The van der Waals surface area contributed by atoms with Gasteiger partial charge in [0.05, 0.1) is 5.69 Å². The van der Waals surface area contributed by atoms with Crippen LogP contribution in [-0.2, 0) is 19.5 Å². The number of thiophene rings is 1. The van der Waals surface area contributed by atoms with Crippen molar-refractivity contribution < 1.29 is 0 Å². The van der Waals surface area contributed by atoms with E-state index in [2.05, 4.69) is 34.3 Å². The summed E-state index contributed by atoms with van der Waals surface area (Å²) in [5, 5.41) is 3.38. The molecule has 0 atom stereocenters. The minimum atomic E-state index is 0.794. The summed E-state index contributed by atoms with van der Waals surface area (Å²) in [7, 11) is 0. The summed E-state index contributed by atoms with van der Waals surface area (Å²) >= 11 is 1.87. The van der Waals surface area contributed by atoms with Gasteiger partial charge in [-0.05, 0) is 24.6 Å². The van der Waals surface area contributed by atoms with Gasteiger partial charge in [0.1, 0.15) is 6.33 Å². The summed E-state index contributed by atoms with van der Waals surface area (Å²) in [6.45, 7) is 3.89. The maximum atomic E-state index is 4.16. The highest BCUT2D eigenvalue weighted by atomic mass is 32.1. The zero-order chi connectivity index (χ0) is 11.2. The largest absolute Gasteiger partial charge is 0.306 e. The van der Waals surface area contributed by atoms with Gasteiger partial charge in [-0.3, -0.25) is 0 Å². The van der Waals surface area contributed by atoms with E-state index in [-0.39, 0.29) is 0 Å². The predicted molar refractivity (Wildman–Crippen MR) is 66.3 cm³/mol. The lowest BCUT2D eigenvalue weighted by molar-refractivity contribution is 0.684. The molecule has 0 saturated heterocycles. The number of aromatic nitrogens is 2. The highest BCUT2D eigenvalue weighted by Crippen LogP contribution is 2.16. The van der Waals surface area contributed by atoms with Crippen molar-refractivity contribution in [3.05, 3.63) is 46.2 Å². The Morgan fingerprint density at radius 1 is 1.19 bits per heavy atom. The highest BCUT2D eigenvalue weighted by Gasteiger charge is 1.98. The Hall–Kier alpha value is -1.26.